The maximum Gasteiger partial charge on any atom is 0.315 e. The Morgan fingerprint density at radius 1 is 1.06 bits per heavy atom. The Labute approximate surface area is 107 Å². The summed E-state index contributed by atoms with van der Waals surface area (Å²) in [5, 5.41) is 14.8. The molecule has 1 saturated carbocycles. The van der Waals surface area contributed by atoms with Crippen molar-refractivity contribution in [3.05, 3.63) is 12.2 Å². The number of carbonyl (C=O) groups is 2. The highest BCUT2D eigenvalue weighted by molar-refractivity contribution is 5.75. The summed E-state index contributed by atoms with van der Waals surface area (Å²) in [6.45, 7) is 0. The highest BCUT2D eigenvalue weighted by Crippen LogP contribution is 2.24. The van der Waals surface area contributed by atoms with Crippen LogP contribution < -0.4 is 10.6 Å². The molecule has 0 aliphatic heterocycles. The summed E-state index contributed by atoms with van der Waals surface area (Å²) >= 11 is 0. The zero-order valence-corrected chi connectivity index (χ0v) is 10.4. The third-order valence-corrected chi connectivity index (χ3v) is 3.70. The molecule has 2 aliphatic rings. The Kier molecular flexibility index (Phi) is 4.23. The smallest absolute Gasteiger partial charge is 0.315 e. The molecule has 0 aromatic heterocycles. The van der Waals surface area contributed by atoms with Crippen molar-refractivity contribution < 1.29 is 14.7 Å². The average molecular weight is 252 g/mol. The van der Waals surface area contributed by atoms with E-state index >= 15 is 0 Å². The molecule has 1 fully saturated rings. The molecule has 0 spiro atoms. The molecule has 0 heterocycles. The zero-order chi connectivity index (χ0) is 13.0. The number of hydrogen-bond donors (Lipinski definition) is 3. The Morgan fingerprint density at radius 3 is 2.39 bits per heavy atom. The normalized spacial score (nSPS) is 28.0. The molecule has 2 aliphatic carbocycles. The van der Waals surface area contributed by atoms with Gasteiger partial charge in [0.05, 0.1) is 5.92 Å². The highest BCUT2D eigenvalue weighted by Gasteiger charge is 2.28. The molecule has 0 aromatic carbocycles. The molecular weight excluding hydrogens is 232 g/mol. The lowest BCUT2D eigenvalue weighted by Gasteiger charge is -2.28. The molecule has 0 saturated heterocycles. The monoisotopic (exact) mass is 252 g/mol. The summed E-state index contributed by atoms with van der Waals surface area (Å²) in [5.41, 5.74) is 0. The summed E-state index contributed by atoms with van der Waals surface area (Å²) in [6.07, 6.45) is 8.91. The molecule has 0 aromatic rings. The molecule has 2 rings (SSSR count). The van der Waals surface area contributed by atoms with Gasteiger partial charge in [-0.3, -0.25) is 4.79 Å². The van der Waals surface area contributed by atoms with Gasteiger partial charge in [0.2, 0.25) is 0 Å². The van der Waals surface area contributed by atoms with Gasteiger partial charge in [-0.15, -0.1) is 0 Å². The molecule has 100 valence electrons. The third-order valence-electron chi connectivity index (χ3n) is 3.70. The van der Waals surface area contributed by atoms with Crippen molar-refractivity contribution in [2.24, 2.45) is 5.92 Å². The Balaban J connectivity index is 1.74. The van der Waals surface area contributed by atoms with Crippen molar-refractivity contribution in [2.45, 2.75) is 50.6 Å². The van der Waals surface area contributed by atoms with Gasteiger partial charge in [-0.1, -0.05) is 18.6 Å². The molecule has 0 bridgehead atoms. The van der Waals surface area contributed by atoms with Gasteiger partial charge in [-0.25, -0.2) is 4.79 Å². The van der Waals surface area contributed by atoms with E-state index in [-0.39, 0.29) is 24.0 Å². The molecular formula is C13H20N2O3. The summed E-state index contributed by atoms with van der Waals surface area (Å²) in [7, 11) is 0. The molecule has 2 atom stereocenters. The minimum Gasteiger partial charge on any atom is -0.481 e. The van der Waals surface area contributed by atoms with Gasteiger partial charge in [0, 0.05) is 12.1 Å². The van der Waals surface area contributed by atoms with Crippen molar-refractivity contribution in [3.63, 3.8) is 0 Å². The molecule has 2 amide bonds. The van der Waals surface area contributed by atoms with Crippen molar-refractivity contribution in [3.8, 4) is 0 Å². The Bertz CT molecular complexity index is 346. The Hall–Kier alpha value is -1.52. The predicted octanol–water partition coefficient (Wildman–Crippen LogP) is 1.65. The summed E-state index contributed by atoms with van der Waals surface area (Å²) in [4.78, 5) is 22.7. The van der Waals surface area contributed by atoms with Crippen LogP contribution in [0.1, 0.15) is 38.5 Å². The fourth-order valence-electron chi connectivity index (χ4n) is 2.69. The van der Waals surface area contributed by atoms with Crippen LogP contribution >= 0.6 is 0 Å². The molecule has 0 radical (unpaired) electrons. The van der Waals surface area contributed by atoms with Crippen molar-refractivity contribution in [2.75, 3.05) is 0 Å². The lowest BCUT2D eigenvalue weighted by molar-refractivity contribution is -0.143. The second kappa shape index (κ2) is 5.89. The first-order chi connectivity index (χ1) is 8.65. The number of carboxylic acid groups (broad SMARTS) is 1. The zero-order valence-electron chi connectivity index (χ0n) is 10.4. The van der Waals surface area contributed by atoms with E-state index in [1.165, 1.54) is 0 Å². The van der Waals surface area contributed by atoms with Gasteiger partial charge in [-0.05, 0) is 32.1 Å². The lowest BCUT2D eigenvalue weighted by atomic mass is 9.86. The number of rotatable bonds is 3. The van der Waals surface area contributed by atoms with Crippen LogP contribution in [0.15, 0.2) is 12.2 Å². The second-order valence-electron chi connectivity index (χ2n) is 5.16. The Morgan fingerprint density at radius 2 is 1.72 bits per heavy atom. The average Bonchev–Trinajstić information content (AvgIpc) is 2.82. The van der Waals surface area contributed by atoms with Gasteiger partial charge in [0.15, 0.2) is 0 Å². The molecule has 2 unspecified atom stereocenters. The van der Waals surface area contributed by atoms with Crippen LogP contribution in [0.25, 0.3) is 0 Å². The van der Waals surface area contributed by atoms with Gasteiger partial charge < -0.3 is 15.7 Å². The topological polar surface area (TPSA) is 78.4 Å². The molecule has 18 heavy (non-hydrogen) atoms. The van der Waals surface area contributed by atoms with E-state index in [0.29, 0.717) is 6.42 Å². The number of nitrogens with one attached hydrogen (secondary N) is 2. The third kappa shape index (κ3) is 3.48. The maximum absolute atomic E-state index is 11.7. The number of amides is 2. The molecule has 5 nitrogen and oxygen atoms in total. The number of carboxylic acids is 1. The standard InChI is InChI=1S/C13H20N2O3/c16-12(17)9-4-3-7-11(8-9)15-13(18)14-10-5-1-2-6-10/h1-2,9-11H,3-8H2,(H,16,17)(H2,14,15,18). The predicted molar refractivity (Wildman–Crippen MR) is 67.2 cm³/mol. The first kappa shape index (κ1) is 12.9. The van der Waals surface area contributed by atoms with E-state index < -0.39 is 5.97 Å². The quantitative estimate of drug-likeness (QED) is 0.668. The van der Waals surface area contributed by atoms with E-state index in [4.69, 9.17) is 5.11 Å². The van der Waals surface area contributed by atoms with Crippen LogP contribution in [-0.2, 0) is 4.79 Å². The van der Waals surface area contributed by atoms with Crippen molar-refractivity contribution >= 4 is 12.0 Å². The van der Waals surface area contributed by atoms with E-state index in [2.05, 4.69) is 22.8 Å². The first-order valence-corrected chi connectivity index (χ1v) is 6.60. The minimum absolute atomic E-state index is 0.00536. The van der Waals surface area contributed by atoms with E-state index in [1.54, 1.807) is 0 Å². The molecule has 3 N–H and O–H groups in total. The van der Waals surface area contributed by atoms with Crippen LogP contribution in [0.4, 0.5) is 4.79 Å². The van der Waals surface area contributed by atoms with Crippen LogP contribution in [0.2, 0.25) is 0 Å². The number of hydrogen-bond acceptors (Lipinski definition) is 2. The SMILES string of the molecule is O=C(NC1CC=CC1)NC1CCCC(C(=O)O)C1. The number of carbonyl (C=O) groups excluding carboxylic acids is 1. The summed E-state index contributed by atoms with van der Waals surface area (Å²) < 4.78 is 0. The molecule has 5 heteroatoms. The van der Waals surface area contributed by atoms with Crippen LogP contribution in [0.3, 0.4) is 0 Å². The highest BCUT2D eigenvalue weighted by atomic mass is 16.4. The number of urea groups is 1. The lowest BCUT2D eigenvalue weighted by Crippen LogP contribution is -2.47. The van der Waals surface area contributed by atoms with Crippen molar-refractivity contribution in [1.82, 2.24) is 10.6 Å². The number of aliphatic carboxylic acids is 1. The van der Waals surface area contributed by atoms with Crippen LogP contribution in [0.5, 0.6) is 0 Å². The van der Waals surface area contributed by atoms with E-state index in [9.17, 15) is 9.59 Å². The van der Waals surface area contributed by atoms with Crippen LogP contribution in [-0.4, -0.2) is 29.2 Å². The minimum atomic E-state index is -0.748. The van der Waals surface area contributed by atoms with E-state index in [1.807, 2.05) is 0 Å². The first-order valence-electron chi connectivity index (χ1n) is 6.60. The van der Waals surface area contributed by atoms with Gasteiger partial charge >= 0.3 is 12.0 Å². The van der Waals surface area contributed by atoms with E-state index in [0.717, 1.165) is 32.1 Å². The summed E-state index contributed by atoms with van der Waals surface area (Å²) in [5.74, 6) is -1.06. The second-order valence-corrected chi connectivity index (χ2v) is 5.16. The maximum atomic E-state index is 11.7. The van der Waals surface area contributed by atoms with Gasteiger partial charge in [0.25, 0.3) is 0 Å². The van der Waals surface area contributed by atoms with Crippen LogP contribution in [0, 0.1) is 5.92 Å². The van der Waals surface area contributed by atoms with Gasteiger partial charge in [-0.2, -0.15) is 0 Å². The fourth-order valence-corrected chi connectivity index (χ4v) is 2.69. The fraction of sp³-hybridized carbons (Fsp3) is 0.692. The van der Waals surface area contributed by atoms with Gasteiger partial charge in [0.1, 0.15) is 0 Å². The summed E-state index contributed by atoms with van der Waals surface area (Å²) in [6, 6.07) is 0.0258. The van der Waals surface area contributed by atoms with Crippen molar-refractivity contribution in [1.29, 1.82) is 0 Å². The largest absolute Gasteiger partial charge is 0.481 e.